The molecule has 1 aliphatic heterocycles. The van der Waals surface area contributed by atoms with Crippen LogP contribution in [0.2, 0.25) is 0 Å². The number of halogens is 1. The fraction of sp³-hybridized carbons (Fsp3) is 0.280. The van der Waals surface area contributed by atoms with Gasteiger partial charge in [0.15, 0.2) is 0 Å². The van der Waals surface area contributed by atoms with Crippen molar-refractivity contribution in [2.24, 2.45) is 0 Å². The van der Waals surface area contributed by atoms with Crippen molar-refractivity contribution >= 4 is 5.76 Å². The minimum absolute atomic E-state index is 0.0178. The van der Waals surface area contributed by atoms with E-state index in [2.05, 4.69) is 35.7 Å². The zero-order chi connectivity index (χ0) is 20.0. The Morgan fingerprint density at radius 1 is 1.00 bits per heavy atom. The Kier molecular flexibility index (Phi) is 4.51. The number of aliphatic hydroxyl groups excluding tert-OH is 2. The maximum atomic E-state index is 14.3. The lowest BCUT2D eigenvalue weighted by Gasteiger charge is -2.32. The number of aliphatic hydroxyl groups is 2. The molecule has 0 spiro atoms. The first-order chi connectivity index (χ1) is 14.1. The third kappa shape index (κ3) is 3.28. The molecule has 2 aliphatic carbocycles. The number of allylic oxidation sites excluding steroid dienone is 4. The summed E-state index contributed by atoms with van der Waals surface area (Å²) in [6, 6.07) is 14.8. The molecule has 3 aliphatic rings. The van der Waals surface area contributed by atoms with Crippen LogP contribution >= 0.6 is 0 Å². The van der Waals surface area contributed by atoms with Crippen molar-refractivity contribution in [3.63, 3.8) is 0 Å². The first-order valence-corrected chi connectivity index (χ1v) is 10.2. The van der Waals surface area contributed by atoms with Crippen LogP contribution in [0.25, 0.3) is 5.76 Å². The van der Waals surface area contributed by atoms with Crippen molar-refractivity contribution in [3.8, 4) is 0 Å². The van der Waals surface area contributed by atoms with Gasteiger partial charge in [-0.15, -0.1) is 0 Å². The fourth-order valence-corrected chi connectivity index (χ4v) is 4.57. The van der Waals surface area contributed by atoms with E-state index in [-0.39, 0.29) is 23.3 Å². The highest BCUT2D eigenvalue weighted by Crippen LogP contribution is 2.42. The van der Waals surface area contributed by atoms with Gasteiger partial charge in [-0.05, 0) is 60.1 Å². The zero-order valence-electron chi connectivity index (χ0n) is 16.1. The normalized spacial score (nSPS) is 27.3. The highest BCUT2D eigenvalue weighted by molar-refractivity contribution is 5.70. The molecule has 1 saturated carbocycles. The summed E-state index contributed by atoms with van der Waals surface area (Å²) in [5.74, 6) is -0.149. The second-order valence-electron chi connectivity index (χ2n) is 8.18. The molecule has 3 N–H and O–H groups in total. The summed E-state index contributed by atoms with van der Waals surface area (Å²) in [5.41, 5.74) is 5.49. The Labute approximate surface area is 169 Å². The third-order valence-electron chi connectivity index (χ3n) is 6.34. The van der Waals surface area contributed by atoms with Crippen molar-refractivity contribution in [2.75, 3.05) is 6.54 Å². The van der Waals surface area contributed by atoms with Crippen LogP contribution in [0.1, 0.15) is 47.8 Å². The average molecular weight is 389 g/mol. The van der Waals surface area contributed by atoms with Crippen LogP contribution in [0.4, 0.5) is 4.39 Å². The molecule has 0 amide bonds. The SMILES string of the molecule is OC(=C1C=C2NCCC2=CC1c1ccc(C2CC(O)C2)cc1)c1ccccc1F. The van der Waals surface area contributed by atoms with Crippen LogP contribution in [-0.4, -0.2) is 22.9 Å². The molecule has 2 aromatic rings. The van der Waals surface area contributed by atoms with Crippen molar-refractivity contribution in [2.45, 2.75) is 37.2 Å². The molecule has 0 radical (unpaired) electrons. The summed E-state index contributed by atoms with van der Waals surface area (Å²) in [7, 11) is 0. The molecular formula is C25H24FNO2. The predicted molar refractivity (Wildman–Crippen MR) is 112 cm³/mol. The van der Waals surface area contributed by atoms with E-state index >= 15 is 0 Å². The maximum absolute atomic E-state index is 14.3. The van der Waals surface area contributed by atoms with Gasteiger partial charge < -0.3 is 15.5 Å². The van der Waals surface area contributed by atoms with Crippen molar-refractivity contribution in [3.05, 3.63) is 100 Å². The molecule has 2 aromatic carbocycles. The largest absolute Gasteiger partial charge is 0.507 e. The van der Waals surface area contributed by atoms with E-state index in [0.29, 0.717) is 11.5 Å². The Morgan fingerprint density at radius 2 is 1.72 bits per heavy atom. The quantitative estimate of drug-likeness (QED) is 0.652. The highest BCUT2D eigenvalue weighted by Gasteiger charge is 2.30. The number of rotatable bonds is 3. The summed E-state index contributed by atoms with van der Waals surface area (Å²) < 4.78 is 14.3. The summed E-state index contributed by atoms with van der Waals surface area (Å²) in [6.45, 7) is 0.876. The molecule has 1 unspecified atom stereocenters. The van der Waals surface area contributed by atoms with Crippen LogP contribution in [0.5, 0.6) is 0 Å². The van der Waals surface area contributed by atoms with Gasteiger partial charge in [-0.3, -0.25) is 0 Å². The first kappa shape index (κ1) is 18.2. The monoisotopic (exact) mass is 389 g/mol. The van der Waals surface area contributed by atoms with Gasteiger partial charge in [-0.25, -0.2) is 4.39 Å². The van der Waals surface area contributed by atoms with Gasteiger partial charge in [-0.1, -0.05) is 42.5 Å². The van der Waals surface area contributed by atoms with Crippen molar-refractivity contribution in [1.82, 2.24) is 5.32 Å². The molecule has 4 heteroatoms. The molecule has 1 atom stereocenters. The molecule has 29 heavy (non-hydrogen) atoms. The van der Waals surface area contributed by atoms with Gasteiger partial charge in [0, 0.05) is 23.7 Å². The van der Waals surface area contributed by atoms with Gasteiger partial charge >= 0.3 is 0 Å². The first-order valence-electron chi connectivity index (χ1n) is 10.2. The zero-order valence-corrected chi connectivity index (χ0v) is 16.1. The van der Waals surface area contributed by atoms with Gasteiger partial charge in [0.25, 0.3) is 0 Å². The number of hydrogen-bond acceptors (Lipinski definition) is 3. The van der Waals surface area contributed by atoms with Crippen LogP contribution in [0, 0.1) is 5.82 Å². The Morgan fingerprint density at radius 3 is 2.45 bits per heavy atom. The standard InChI is InChI=1S/C25H24FNO2/c26-23-4-2-1-3-20(23)25(29)22-14-24-17(9-10-27-24)13-21(22)16-7-5-15(6-8-16)18-11-19(28)12-18/h1-8,13-14,18-19,21,27-29H,9-12H2. The van der Waals surface area contributed by atoms with Crippen LogP contribution < -0.4 is 5.32 Å². The van der Waals surface area contributed by atoms with E-state index in [9.17, 15) is 14.6 Å². The van der Waals surface area contributed by atoms with Gasteiger partial charge in [-0.2, -0.15) is 0 Å². The Hall–Kier alpha value is -2.85. The highest BCUT2D eigenvalue weighted by atomic mass is 19.1. The molecule has 3 nitrogen and oxygen atoms in total. The molecule has 0 aromatic heterocycles. The minimum atomic E-state index is -0.428. The molecule has 5 rings (SSSR count). The third-order valence-corrected chi connectivity index (χ3v) is 6.34. The summed E-state index contributed by atoms with van der Waals surface area (Å²) in [6.07, 6.45) is 6.57. The fourth-order valence-electron chi connectivity index (χ4n) is 4.57. The minimum Gasteiger partial charge on any atom is -0.507 e. The predicted octanol–water partition coefficient (Wildman–Crippen LogP) is 4.93. The van der Waals surface area contributed by atoms with Gasteiger partial charge in [0.05, 0.1) is 11.7 Å². The molecule has 148 valence electrons. The molecule has 1 heterocycles. The lowest BCUT2D eigenvalue weighted by Crippen LogP contribution is -2.26. The maximum Gasteiger partial charge on any atom is 0.134 e. The van der Waals surface area contributed by atoms with E-state index in [1.54, 1.807) is 18.2 Å². The van der Waals surface area contributed by atoms with E-state index in [1.807, 2.05) is 6.08 Å². The van der Waals surface area contributed by atoms with Crippen LogP contribution in [0.3, 0.4) is 0 Å². The topological polar surface area (TPSA) is 52.5 Å². The van der Waals surface area contributed by atoms with Gasteiger partial charge in [0.2, 0.25) is 0 Å². The summed E-state index contributed by atoms with van der Waals surface area (Å²) in [4.78, 5) is 0. The molecule has 2 fully saturated rings. The van der Waals surface area contributed by atoms with Crippen LogP contribution in [-0.2, 0) is 0 Å². The lowest BCUT2D eigenvalue weighted by atomic mass is 9.76. The van der Waals surface area contributed by atoms with E-state index in [1.165, 1.54) is 17.2 Å². The molecule has 0 bridgehead atoms. The second-order valence-corrected chi connectivity index (χ2v) is 8.18. The average Bonchev–Trinajstić information content (AvgIpc) is 3.18. The Balaban J connectivity index is 1.55. The van der Waals surface area contributed by atoms with Gasteiger partial charge in [0.1, 0.15) is 11.6 Å². The number of fused-ring (bicyclic) bond motifs is 1. The summed E-state index contributed by atoms with van der Waals surface area (Å²) in [5, 5.41) is 23.9. The van der Waals surface area contributed by atoms with Crippen LogP contribution in [0.15, 0.2) is 77.5 Å². The summed E-state index contributed by atoms with van der Waals surface area (Å²) >= 11 is 0. The Bertz CT molecular complexity index is 1030. The molecular weight excluding hydrogens is 365 g/mol. The number of benzene rings is 2. The lowest BCUT2D eigenvalue weighted by molar-refractivity contribution is 0.0746. The van der Waals surface area contributed by atoms with Crippen molar-refractivity contribution < 1.29 is 14.6 Å². The number of hydrogen-bond donors (Lipinski definition) is 3. The molecule has 1 saturated heterocycles. The van der Waals surface area contributed by atoms with E-state index < -0.39 is 5.82 Å². The number of nitrogens with one attached hydrogen (secondary N) is 1. The second kappa shape index (κ2) is 7.20. The van der Waals surface area contributed by atoms with E-state index in [4.69, 9.17) is 0 Å². The van der Waals surface area contributed by atoms with E-state index in [0.717, 1.165) is 37.1 Å². The van der Waals surface area contributed by atoms with Crippen molar-refractivity contribution in [1.29, 1.82) is 0 Å². The smallest absolute Gasteiger partial charge is 0.134 e.